The van der Waals surface area contributed by atoms with Crippen LogP contribution in [-0.4, -0.2) is 21.0 Å². The van der Waals surface area contributed by atoms with Crippen LogP contribution in [0.3, 0.4) is 0 Å². The molecule has 0 N–H and O–H groups in total. The van der Waals surface area contributed by atoms with Gasteiger partial charge in [0, 0.05) is 0 Å². The predicted octanol–water partition coefficient (Wildman–Crippen LogP) is 4.90. The predicted molar refractivity (Wildman–Crippen MR) is 93.8 cm³/mol. The zero-order valence-corrected chi connectivity index (χ0v) is 15.2. The van der Waals surface area contributed by atoms with Crippen LogP contribution in [0.5, 0.6) is 0 Å². The third-order valence-corrected chi connectivity index (χ3v) is 7.70. The second-order valence-corrected chi connectivity index (χ2v) is 9.14. The molecule has 1 heterocycles. The number of hydrogen-bond acceptors (Lipinski definition) is 2. The monoisotopic (exact) mass is 362 g/mol. The maximum atomic E-state index is 4.63. The first-order valence-corrected chi connectivity index (χ1v) is 10.5. The van der Waals surface area contributed by atoms with Crippen molar-refractivity contribution in [2.75, 3.05) is 0 Å². The number of benzene rings is 1. The molecule has 2 aliphatic rings. The van der Waals surface area contributed by atoms with E-state index in [1.807, 2.05) is 0 Å². The molecule has 0 spiro atoms. The van der Waals surface area contributed by atoms with Crippen LogP contribution in [-0.2, 0) is 0 Å². The van der Waals surface area contributed by atoms with Gasteiger partial charge < -0.3 is 0 Å². The minimum absolute atomic E-state index is 0.364. The summed E-state index contributed by atoms with van der Waals surface area (Å²) in [6, 6.07) is 11.4. The third-order valence-electron chi connectivity index (χ3n) is 4.69. The van der Waals surface area contributed by atoms with Gasteiger partial charge in [-0.25, -0.2) is 0 Å². The zero-order chi connectivity index (χ0) is 15.2. The summed E-state index contributed by atoms with van der Waals surface area (Å²) in [5, 5.41) is 9.09. The first-order chi connectivity index (χ1) is 10.9. The molecule has 0 radical (unpaired) electrons. The Balaban J connectivity index is 1.66. The molecule has 0 bridgehead atoms. The van der Waals surface area contributed by atoms with Crippen LogP contribution in [0.2, 0.25) is 4.82 Å². The average Bonchev–Trinajstić information content (AvgIpc) is 3.03. The van der Waals surface area contributed by atoms with Gasteiger partial charge in [-0.05, 0) is 0 Å². The Bertz CT molecular complexity index is 523. The Kier molecular flexibility index (Phi) is 5.86. The van der Waals surface area contributed by atoms with E-state index in [0.717, 1.165) is 17.2 Å². The van der Waals surface area contributed by atoms with E-state index in [1.54, 1.807) is 0 Å². The van der Waals surface area contributed by atoms with Crippen molar-refractivity contribution in [1.82, 2.24) is 0 Å². The molecule has 1 saturated carbocycles. The molecular weight excluding hydrogens is 335 g/mol. The van der Waals surface area contributed by atoms with Gasteiger partial charge >= 0.3 is 140 Å². The Morgan fingerprint density at radius 2 is 1.95 bits per heavy atom. The summed E-state index contributed by atoms with van der Waals surface area (Å²) in [6.45, 7) is 2.24. The molecule has 1 aromatic carbocycles. The molecule has 118 valence electrons. The van der Waals surface area contributed by atoms with Gasteiger partial charge in [0.2, 0.25) is 0 Å². The van der Waals surface area contributed by atoms with Crippen LogP contribution in [0.1, 0.15) is 51.9 Å². The van der Waals surface area contributed by atoms with Gasteiger partial charge in [-0.3, -0.25) is 0 Å². The van der Waals surface area contributed by atoms with Crippen molar-refractivity contribution >= 4 is 19.4 Å². The molecule has 3 rings (SSSR count). The fourth-order valence-electron chi connectivity index (χ4n) is 3.44. The molecule has 0 saturated heterocycles. The summed E-state index contributed by atoms with van der Waals surface area (Å²) in [6.07, 6.45) is 11.4. The summed E-state index contributed by atoms with van der Waals surface area (Å²) >= 11 is 0.571. The van der Waals surface area contributed by atoms with Crippen molar-refractivity contribution < 1.29 is 0 Å². The standard InChI is InChI=1S/C19H26N2Se/c1-2-3-9-15-14-18(21-20-15)17-12-7-8-13-19(17)22-16-10-5-4-6-11-16/h4-6,10-11,14,17-19H,2-3,7-9,12-13H2,1H3/t17-,18?,19+/m0/s1. The SMILES string of the molecule is CCCCC1=CC([C@@H]2CCCC[C@H]2[Se]c2ccccc2)N=N1. The molecule has 2 nitrogen and oxygen atoms in total. The molecule has 1 aliphatic heterocycles. The van der Waals surface area contributed by atoms with Crippen molar-refractivity contribution in [2.45, 2.75) is 62.7 Å². The molecule has 1 aromatic rings. The van der Waals surface area contributed by atoms with Crippen LogP contribution in [0.15, 0.2) is 52.3 Å². The molecular formula is C19H26N2Se. The molecule has 3 atom stereocenters. The molecule has 0 amide bonds. The number of unbranched alkanes of at least 4 members (excludes halogenated alkanes) is 1. The molecule has 3 heteroatoms. The van der Waals surface area contributed by atoms with Crippen LogP contribution in [0, 0.1) is 5.92 Å². The summed E-state index contributed by atoms with van der Waals surface area (Å²) in [5.41, 5.74) is 1.24. The first kappa shape index (κ1) is 16.0. The topological polar surface area (TPSA) is 24.7 Å². The molecule has 1 unspecified atom stereocenters. The van der Waals surface area contributed by atoms with E-state index < -0.39 is 0 Å². The van der Waals surface area contributed by atoms with E-state index >= 15 is 0 Å². The summed E-state index contributed by atoms with van der Waals surface area (Å²) in [4.78, 5) is 0.828. The van der Waals surface area contributed by atoms with E-state index in [1.165, 1.54) is 48.7 Å². The Morgan fingerprint density at radius 3 is 2.77 bits per heavy atom. The Hall–Kier alpha value is -0.921. The van der Waals surface area contributed by atoms with Crippen molar-refractivity contribution in [2.24, 2.45) is 16.1 Å². The van der Waals surface area contributed by atoms with Gasteiger partial charge in [0.05, 0.1) is 0 Å². The Labute approximate surface area is 140 Å². The number of azo groups is 1. The van der Waals surface area contributed by atoms with Gasteiger partial charge in [-0.2, -0.15) is 0 Å². The second kappa shape index (κ2) is 8.08. The van der Waals surface area contributed by atoms with E-state index in [-0.39, 0.29) is 0 Å². The van der Waals surface area contributed by atoms with Crippen LogP contribution in [0.25, 0.3) is 0 Å². The molecule has 22 heavy (non-hydrogen) atoms. The third kappa shape index (κ3) is 4.08. The van der Waals surface area contributed by atoms with Crippen LogP contribution < -0.4 is 4.46 Å². The number of rotatable bonds is 6. The van der Waals surface area contributed by atoms with Gasteiger partial charge in [-0.1, -0.05) is 0 Å². The normalized spacial score (nSPS) is 27.9. The fraction of sp³-hybridized carbons (Fsp3) is 0.579. The number of nitrogens with zero attached hydrogens (tertiary/aromatic N) is 2. The number of allylic oxidation sites excluding steroid dienone is 1. The van der Waals surface area contributed by atoms with Crippen molar-refractivity contribution in [3.05, 3.63) is 42.1 Å². The molecule has 0 aromatic heterocycles. The van der Waals surface area contributed by atoms with Crippen molar-refractivity contribution in [3.63, 3.8) is 0 Å². The quantitative estimate of drug-likeness (QED) is 0.644. The zero-order valence-electron chi connectivity index (χ0n) is 13.4. The fourth-order valence-corrected chi connectivity index (χ4v) is 6.42. The summed E-state index contributed by atoms with van der Waals surface area (Å²) in [5.74, 6) is 0.719. The molecule has 1 fully saturated rings. The first-order valence-electron chi connectivity index (χ1n) is 8.70. The van der Waals surface area contributed by atoms with E-state index in [9.17, 15) is 0 Å². The van der Waals surface area contributed by atoms with Gasteiger partial charge in [0.15, 0.2) is 0 Å². The van der Waals surface area contributed by atoms with E-state index in [4.69, 9.17) is 0 Å². The number of hydrogen-bond donors (Lipinski definition) is 0. The van der Waals surface area contributed by atoms with Gasteiger partial charge in [0.1, 0.15) is 0 Å². The second-order valence-electron chi connectivity index (χ2n) is 6.39. The van der Waals surface area contributed by atoms with E-state index in [2.05, 4.69) is 53.6 Å². The minimum atomic E-state index is 0.364. The Morgan fingerprint density at radius 1 is 1.14 bits per heavy atom. The van der Waals surface area contributed by atoms with E-state index in [0.29, 0.717) is 21.0 Å². The van der Waals surface area contributed by atoms with Crippen molar-refractivity contribution in [3.8, 4) is 0 Å². The van der Waals surface area contributed by atoms with Crippen LogP contribution in [0.4, 0.5) is 0 Å². The van der Waals surface area contributed by atoms with Crippen molar-refractivity contribution in [1.29, 1.82) is 0 Å². The van der Waals surface area contributed by atoms with Gasteiger partial charge in [-0.15, -0.1) is 0 Å². The maximum absolute atomic E-state index is 4.63. The summed E-state index contributed by atoms with van der Waals surface area (Å²) in [7, 11) is 0. The average molecular weight is 361 g/mol. The molecule has 1 aliphatic carbocycles. The van der Waals surface area contributed by atoms with Gasteiger partial charge in [0.25, 0.3) is 0 Å². The summed E-state index contributed by atoms with van der Waals surface area (Å²) < 4.78 is 1.54. The van der Waals surface area contributed by atoms with Crippen LogP contribution >= 0.6 is 0 Å².